The van der Waals surface area contributed by atoms with Crippen LogP contribution in [0.25, 0.3) is 0 Å². The molecule has 0 bridgehead atoms. The van der Waals surface area contributed by atoms with E-state index in [-0.39, 0.29) is 16.8 Å². The van der Waals surface area contributed by atoms with Gasteiger partial charge in [0.05, 0.1) is 4.90 Å². The van der Waals surface area contributed by atoms with E-state index in [4.69, 9.17) is 0 Å². The SMILES string of the molecule is Cc1ccc(C)c(N(C)C(=O)c2ccc(S(=O)(=O)N(C)C3CCCCC3)cc2)c1. The predicted molar refractivity (Wildman–Crippen MR) is 117 cm³/mol. The number of sulfonamides is 1. The van der Waals surface area contributed by atoms with Gasteiger partial charge in [0.25, 0.3) is 5.91 Å². The fraction of sp³-hybridized carbons (Fsp3) is 0.435. The predicted octanol–water partition coefficient (Wildman–Crippen LogP) is 4.53. The smallest absolute Gasteiger partial charge is 0.258 e. The van der Waals surface area contributed by atoms with Gasteiger partial charge in [-0.15, -0.1) is 0 Å². The summed E-state index contributed by atoms with van der Waals surface area (Å²) in [5.74, 6) is -0.164. The molecule has 1 fully saturated rings. The van der Waals surface area contributed by atoms with Gasteiger partial charge in [0, 0.05) is 31.4 Å². The molecular weight excluding hydrogens is 384 g/mol. The van der Waals surface area contributed by atoms with Crippen molar-refractivity contribution in [2.75, 3.05) is 19.0 Å². The van der Waals surface area contributed by atoms with Gasteiger partial charge in [-0.3, -0.25) is 4.79 Å². The first-order valence-corrected chi connectivity index (χ1v) is 11.6. The van der Waals surface area contributed by atoms with Crippen molar-refractivity contribution in [3.63, 3.8) is 0 Å². The van der Waals surface area contributed by atoms with Crippen LogP contribution in [0.5, 0.6) is 0 Å². The molecule has 1 aliphatic rings. The molecule has 0 atom stereocenters. The Hall–Kier alpha value is -2.18. The minimum atomic E-state index is -3.56. The summed E-state index contributed by atoms with van der Waals surface area (Å²) in [7, 11) is -0.150. The Balaban J connectivity index is 1.80. The molecule has 6 heteroatoms. The molecule has 0 N–H and O–H groups in total. The average molecular weight is 415 g/mol. The second-order valence-electron chi connectivity index (χ2n) is 7.99. The van der Waals surface area contributed by atoms with Gasteiger partial charge in [-0.25, -0.2) is 8.42 Å². The molecule has 0 aromatic heterocycles. The molecule has 0 saturated heterocycles. The van der Waals surface area contributed by atoms with Gasteiger partial charge in [0.2, 0.25) is 10.0 Å². The Kier molecular flexibility index (Phi) is 6.44. The molecule has 1 amide bonds. The van der Waals surface area contributed by atoms with Crippen LogP contribution in [0.4, 0.5) is 5.69 Å². The van der Waals surface area contributed by atoms with Crippen molar-refractivity contribution in [1.82, 2.24) is 4.31 Å². The molecule has 29 heavy (non-hydrogen) atoms. The number of rotatable bonds is 5. The van der Waals surface area contributed by atoms with Gasteiger partial charge in [-0.05, 0) is 68.1 Å². The first-order chi connectivity index (χ1) is 13.7. The highest BCUT2D eigenvalue weighted by Crippen LogP contribution is 2.27. The lowest BCUT2D eigenvalue weighted by Crippen LogP contribution is -2.38. The summed E-state index contributed by atoms with van der Waals surface area (Å²) < 4.78 is 27.5. The summed E-state index contributed by atoms with van der Waals surface area (Å²) in [5.41, 5.74) is 3.41. The van der Waals surface area contributed by atoms with Crippen molar-refractivity contribution in [3.8, 4) is 0 Å². The number of hydrogen-bond donors (Lipinski definition) is 0. The van der Waals surface area contributed by atoms with E-state index in [0.717, 1.165) is 42.5 Å². The first kappa shape index (κ1) is 21.5. The molecule has 2 aromatic carbocycles. The minimum Gasteiger partial charge on any atom is -0.311 e. The van der Waals surface area contributed by atoms with Crippen molar-refractivity contribution < 1.29 is 13.2 Å². The van der Waals surface area contributed by atoms with Crippen LogP contribution in [-0.2, 0) is 10.0 Å². The molecule has 156 valence electrons. The van der Waals surface area contributed by atoms with Gasteiger partial charge in [0.15, 0.2) is 0 Å². The zero-order valence-electron chi connectivity index (χ0n) is 17.7. The number of aryl methyl sites for hydroxylation is 2. The van der Waals surface area contributed by atoms with Crippen LogP contribution in [0.1, 0.15) is 53.6 Å². The van der Waals surface area contributed by atoms with E-state index in [2.05, 4.69) is 0 Å². The summed E-state index contributed by atoms with van der Waals surface area (Å²) in [6, 6.07) is 12.3. The Morgan fingerprint density at radius 3 is 2.17 bits per heavy atom. The van der Waals surface area contributed by atoms with E-state index < -0.39 is 10.0 Å². The van der Waals surface area contributed by atoms with Gasteiger partial charge < -0.3 is 4.90 Å². The summed E-state index contributed by atoms with van der Waals surface area (Å²) in [4.78, 5) is 14.8. The van der Waals surface area contributed by atoms with Crippen molar-refractivity contribution in [2.45, 2.75) is 56.9 Å². The van der Waals surface area contributed by atoms with Gasteiger partial charge >= 0.3 is 0 Å². The van der Waals surface area contributed by atoms with Crippen LogP contribution < -0.4 is 4.90 Å². The van der Waals surface area contributed by atoms with Crippen molar-refractivity contribution in [2.24, 2.45) is 0 Å². The van der Waals surface area contributed by atoms with Gasteiger partial charge in [-0.1, -0.05) is 31.4 Å². The molecule has 1 aliphatic carbocycles. The van der Waals surface area contributed by atoms with E-state index >= 15 is 0 Å². The van der Waals surface area contributed by atoms with Gasteiger partial charge in [0.1, 0.15) is 0 Å². The number of amides is 1. The summed E-state index contributed by atoms with van der Waals surface area (Å²) in [6.45, 7) is 3.96. The maximum atomic E-state index is 13.0. The maximum absolute atomic E-state index is 13.0. The quantitative estimate of drug-likeness (QED) is 0.722. The largest absolute Gasteiger partial charge is 0.311 e. The normalized spacial score (nSPS) is 15.5. The molecule has 5 nitrogen and oxygen atoms in total. The molecular formula is C23H30N2O3S. The summed E-state index contributed by atoms with van der Waals surface area (Å²) in [6.07, 6.45) is 5.14. The first-order valence-electron chi connectivity index (χ1n) is 10.1. The second-order valence-corrected chi connectivity index (χ2v) is 9.99. The van der Waals surface area contributed by atoms with Crippen LogP contribution >= 0.6 is 0 Å². The Labute approximate surface area is 174 Å². The highest BCUT2D eigenvalue weighted by Gasteiger charge is 2.29. The number of hydrogen-bond acceptors (Lipinski definition) is 3. The van der Waals surface area contributed by atoms with E-state index in [1.165, 1.54) is 10.7 Å². The topological polar surface area (TPSA) is 57.7 Å². The fourth-order valence-corrected chi connectivity index (χ4v) is 5.38. The highest BCUT2D eigenvalue weighted by molar-refractivity contribution is 7.89. The lowest BCUT2D eigenvalue weighted by atomic mass is 9.96. The second kappa shape index (κ2) is 8.67. The third kappa shape index (κ3) is 4.54. The van der Waals surface area contributed by atoms with Crippen molar-refractivity contribution in [3.05, 3.63) is 59.2 Å². The summed E-state index contributed by atoms with van der Waals surface area (Å²) >= 11 is 0. The standard InChI is InChI=1S/C23H30N2O3S/c1-17-10-11-18(2)22(16-17)24(3)23(26)19-12-14-21(15-13-19)29(27,28)25(4)20-8-6-5-7-9-20/h10-16,20H,5-9H2,1-4H3. The Morgan fingerprint density at radius 1 is 0.931 bits per heavy atom. The van der Waals surface area contributed by atoms with E-state index in [1.54, 1.807) is 43.3 Å². The maximum Gasteiger partial charge on any atom is 0.258 e. The van der Waals surface area contributed by atoms with Crippen LogP contribution in [-0.4, -0.2) is 38.8 Å². The van der Waals surface area contributed by atoms with Gasteiger partial charge in [-0.2, -0.15) is 4.31 Å². The third-order valence-corrected chi connectivity index (χ3v) is 7.82. The van der Waals surface area contributed by atoms with E-state index in [1.807, 2.05) is 32.0 Å². The monoisotopic (exact) mass is 414 g/mol. The molecule has 0 spiro atoms. The number of anilines is 1. The average Bonchev–Trinajstić information content (AvgIpc) is 2.74. The zero-order chi connectivity index (χ0) is 21.2. The molecule has 0 aliphatic heterocycles. The van der Waals surface area contributed by atoms with Crippen molar-refractivity contribution >= 4 is 21.6 Å². The molecule has 0 radical (unpaired) electrons. The molecule has 2 aromatic rings. The Bertz CT molecular complexity index is 978. The highest BCUT2D eigenvalue weighted by atomic mass is 32.2. The lowest BCUT2D eigenvalue weighted by molar-refractivity contribution is 0.0992. The van der Waals surface area contributed by atoms with E-state index in [0.29, 0.717) is 5.56 Å². The van der Waals surface area contributed by atoms with Crippen LogP contribution in [0, 0.1) is 13.8 Å². The molecule has 0 heterocycles. The zero-order valence-corrected chi connectivity index (χ0v) is 18.5. The van der Waals surface area contributed by atoms with E-state index in [9.17, 15) is 13.2 Å². The number of carbonyl (C=O) groups excluding carboxylic acids is 1. The summed E-state index contributed by atoms with van der Waals surface area (Å²) in [5, 5.41) is 0. The van der Waals surface area contributed by atoms with Crippen LogP contribution in [0.3, 0.4) is 0 Å². The minimum absolute atomic E-state index is 0.0606. The number of nitrogens with zero attached hydrogens (tertiary/aromatic N) is 2. The fourth-order valence-electron chi connectivity index (χ4n) is 3.96. The third-order valence-electron chi connectivity index (χ3n) is 5.90. The molecule has 0 unspecified atom stereocenters. The van der Waals surface area contributed by atoms with Crippen LogP contribution in [0.15, 0.2) is 47.4 Å². The number of benzene rings is 2. The molecule has 1 saturated carbocycles. The molecule has 3 rings (SSSR count). The van der Waals surface area contributed by atoms with Crippen molar-refractivity contribution in [1.29, 1.82) is 0 Å². The lowest BCUT2D eigenvalue weighted by Gasteiger charge is -2.30. The van der Waals surface area contributed by atoms with Crippen LogP contribution in [0.2, 0.25) is 0 Å². The number of carbonyl (C=O) groups is 1. The Morgan fingerprint density at radius 2 is 1.55 bits per heavy atom.